The Labute approximate surface area is 131 Å². The van der Waals surface area contributed by atoms with Gasteiger partial charge in [0.15, 0.2) is 0 Å². The van der Waals surface area contributed by atoms with Crippen molar-refractivity contribution in [3.05, 3.63) is 36.0 Å². The smallest absolute Gasteiger partial charge is 0.228 e. The number of H-pyrrole nitrogens is 1. The molecule has 2 fully saturated rings. The lowest BCUT2D eigenvalue weighted by atomic mass is 9.78. The molecule has 1 saturated carbocycles. The number of para-hydroxylation sites is 1. The molecule has 1 aromatic heterocycles. The number of rotatable bonds is 2. The first-order valence-electron chi connectivity index (χ1n) is 8.67. The van der Waals surface area contributed by atoms with Crippen LogP contribution in [0.2, 0.25) is 0 Å². The molecular weight excluding hydrogens is 272 g/mol. The van der Waals surface area contributed by atoms with Gasteiger partial charge in [0.25, 0.3) is 0 Å². The number of carbonyl (C=O) groups excluding carboxylic acids is 1. The summed E-state index contributed by atoms with van der Waals surface area (Å²) < 4.78 is 0. The first kappa shape index (κ1) is 13.9. The Balaban J connectivity index is 1.50. The maximum Gasteiger partial charge on any atom is 0.228 e. The van der Waals surface area contributed by atoms with Gasteiger partial charge in [-0.15, -0.1) is 0 Å². The van der Waals surface area contributed by atoms with Gasteiger partial charge in [-0.05, 0) is 49.1 Å². The van der Waals surface area contributed by atoms with Gasteiger partial charge in [-0.2, -0.15) is 0 Å². The summed E-state index contributed by atoms with van der Waals surface area (Å²) in [6, 6.07) is 10.9. The molecule has 2 atom stereocenters. The van der Waals surface area contributed by atoms with Crippen LogP contribution < -0.4 is 0 Å². The second kappa shape index (κ2) is 5.79. The second-order valence-corrected chi connectivity index (χ2v) is 6.90. The number of fused-ring (bicyclic) bond motifs is 2. The van der Waals surface area contributed by atoms with Crippen LogP contribution in [0.3, 0.4) is 0 Å². The summed E-state index contributed by atoms with van der Waals surface area (Å²) in [4.78, 5) is 18.4. The summed E-state index contributed by atoms with van der Waals surface area (Å²) in [6.07, 6.45) is 8.19. The zero-order chi connectivity index (χ0) is 14.9. The Morgan fingerprint density at radius 1 is 1.14 bits per heavy atom. The van der Waals surface area contributed by atoms with E-state index in [0.717, 1.165) is 23.7 Å². The third kappa shape index (κ3) is 2.53. The first-order valence-corrected chi connectivity index (χ1v) is 8.67. The lowest BCUT2D eigenvalue weighted by Crippen LogP contribution is -2.50. The van der Waals surface area contributed by atoms with Crippen LogP contribution in [-0.2, 0) is 11.2 Å². The number of carbonyl (C=O) groups is 1. The minimum atomic E-state index is 0.308. The highest BCUT2D eigenvalue weighted by atomic mass is 16.2. The zero-order valence-corrected chi connectivity index (χ0v) is 13.1. The molecule has 1 aliphatic heterocycles. The molecule has 3 heteroatoms. The number of aromatic nitrogens is 1. The number of benzene rings is 1. The SMILES string of the molecule is O=C(Cc1cc2ccccc2[nH]1)N1CCCC2CCCCC21. The number of aromatic amines is 1. The third-order valence-electron chi connectivity index (χ3n) is 5.49. The van der Waals surface area contributed by atoms with E-state index in [1.54, 1.807) is 0 Å². The average molecular weight is 296 g/mol. The Morgan fingerprint density at radius 2 is 1.95 bits per heavy atom. The van der Waals surface area contributed by atoms with E-state index in [-0.39, 0.29) is 0 Å². The molecule has 0 radical (unpaired) electrons. The minimum absolute atomic E-state index is 0.308. The van der Waals surface area contributed by atoms with E-state index >= 15 is 0 Å². The van der Waals surface area contributed by atoms with Crippen molar-refractivity contribution in [2.24, 2.45) is 5.92 Å². The third-order valence-corrected chi connectivity index (χ3v) is 5.49. The molecule has 0 bridgehead atoms. The van der Waals surface area contributed by atoms with E-state index in [1.165, 1.54) is 43.9 Å². The molecule has 1 aromatic carbocycles. The Hall–Kier alpha value is -1.77. The van der Waals surface area contributed by atoms with Gasteiger partial charge in [-0.25, -0.2) is 0 Å². The quantitative estimate of drug-likeness (QED) is 0.896. The molecule has 22 heavy (non-hydrogen) atoms. The van der Waals surface area contributed by atoms with E-state index in [0.29, 0.717) is 18.4 Å². The first-order chi connectivity index (χ1) is 10.8. The summed E-state index contributed by atoms with van der Waals surface area (Å²) in [5, 5.41) is 1.19. The van der Waals surface area contributed by atoms with Gasteiger partial charge in [0.2, 0.25) is 5.91 Å². The van der Waals surface area contributed by atoms with Crippen molar-refractivity contribution >= 4 is 16.8 Å². The molecule has 116 valence electrons. The van der Waals surface area contributed by atoms with Gasteiger partial charge in [0.05, 0.1) is 6.42 Å². The predicted molar refractivity (Wildman–Crippen MR) is 88.7 cm³/mol. The lowest BCUT2D eigenvalue weighted by Gasteiger charge is -2.44. The zero-order valence-electron chi connectivity index (χ0n) is 13.1. The van der Waals surface area contributed by atoms with Crippen molar-refractivity contribution < 1.29 is 4.79 Å². The highest BCUT2D eigenvalue weighted by molar-refractivity contribution is 5.84. The fourth-order valence-electron chi connectivity index (χ4n) is 4.43. The van der Waals surface area contributed by atoms with Crippen LogP contribution in [0.25, 0.3) is 10.9 Å². The monoisotopic (exact) mass is 296 g/mol. The van der Waals surface area contributed by atoms with Crippen LogP contribution in [0.5, 0.6) is 0 Å². The van der Waals surface area contributed by atoms with Crippen LogP contribution in [-0.4, -0.2) is 28.4 Å². The highest BCUT2D eigenvalue weighted by Gasteiger charge is 2.35. The highest BCUT2D eigenvalue weighted by Crippen LogP contribution is 2.35. The van der Waals surface area contributed by atoms with E-state index in [4.69, 9.17) is 0 Å². The molecular formula is C19H24N2O. The van der Waals surface area contributed by atoms with Crippen molar-refractivity contribution in [2.75, 3.05) is 6.54 Å². The maximum atomic E-state index is 12.8. The van der Waals surface area contributed by atoms with Gasteiger partial charge in [0.1, 0.15) is 0 Å². The van der Waals surface area contributed by atoms with Crippen LogP contribution in [0.15, 0.2) is 30.3 Å². The van der Waals surface area contributed by atoms with Crippen molar-refractivity contribution in [3.63, 3.8) is 0 Å². The van der Waals surface area contributed by atoms with Gasteiger partial charge in [0, 0.05) is 23.8 Å². The van der Waals surface area contributed by atoms with Crippen molar-refractivity contribution in [2.45, 2.75) is 51.0 Å². The van der Waals surface area contributed by atoms with E-state index in [2.05, 4.69) is 28.1 Å². The standard InChI is InChI=1S/C19H24N2O/c22-19(13-16-12-15-7-1-3-9-17(15)20-16)21-11-5-8-14-6-2-4-10-18(14)21/h1,3,7,9,12,14,18,20H,2,4-6,8,10-11,13H2. The largest absolute Gasteiger partial charge is 0.358 e. The van der Waals surface area contributed by atoms with Crippen molar-refractivity contribution in [3.8, 4) is 0 Å². The summed E-state index contributed by atoms with van der Waals surface area (Å²) >= 11 is 0. The lowest BCUT2D eigenvalue weighted by molar-refractivity contribution is -0.136. The Morgan fingerprint density at radius 3 is 2.86 bits per heavy atom. The number of hydrogen-bond acceptors (Lipinski definition) is 1. The number of likely N-dealkylation sites (tertiary alicyclic amines) is 1. The van der Waals surface area contributed by atoms with Gasteiger partial charge >= 0.3 is 0 Å². The fourth-order valence-corrected chi connectivity index (χ4v) is 4.43. The molecule has 1 amide bonds. The average Bonchev–Trinajstić information content (AvgIpc) is 2.96. The minimum Gasteiger partial charge on any atom is -0.358 e. The second-order valence-electron chi connectivity index (χ2n) is 6.90. The molecule has 0 spiro atoms. The molecule has 2 unspecified atom stereocenters. The summed E-state index contributed by atoms with van der Waals surface area (Å²) in [6.45, 7) is 0.959. The van der Waals surface area contributed by atoms with Crippen LogP contribution in [0.1, 0.15) is 44.2 Å². The molecule has 1 saturated heterocycles. The van der Waals surface area contributed by atoms with Crippen LogP contribution in [0.4, 0.5) is 0 Å². The normalized spacial score (nSPS) is 25.2. The summed E-state index contributed by atoms with van der Waals surface area (Å²) in [5.74, 6) is 1.07. The van der Waals surface area contributed by atoms with Gasteiger partial charge in [-0.1, -0.05) is 31.0 Å². The number of nitrogens with zero attached hydrogens (tertiary/aromatic N) is 1. The van der Waals surface area contributed by atoms with Crippen LogP contribution >= 0.6 is 0 Å². The summed E-state index contributed by atoms with van der Waals surface area (Å²) in [7, 11) is 0. The molecule has 2 heterocycles. The number of piperidine rings is 1. The number of hydrogen-bond donors (Lipinski definition) is 1. The Bertz CT molecular complexity index is 640. The molecule has 3 nitrogen and oxygen atoms in total. The number of amides is 1. The van der Waals surface area contributed by atoms with Crippen molar-refractivity contribution in [1.29, 1.82) is 0 Å². The molecule has 2 aromatic rings. The Kier molecular flexibility index (Phi) is 3.65. The fraction of sp³-hybridized carbons (Fsp3) is 0.526. The molecule has 1 aliphatic carbocycles. The maximum absolute atomic E-state index is 12.8. The molecule has 4 rings (SSSR count). The summed E-state index contributed by atoms with van der Waals surface area (Å²) in [5.41, 5.74) is 2.17. The van der Waals surface area contributed by atoms with E-state index in [9.17, 15) is 4.79 Å². The topological polar surface area (TPSA) is 36.1 Å². The number of nitrogens with one attached hydrogen (secondary N) is 1. The van der Waals surface area contributed by atoms with E-state index < -0.39 is 0 Å². The van der Waals surface area contributed by atoms with Crippen LogP contribution in [0, 0.1) is 5.92 Å². The molecule has 2 aliphatic rings. The predicted octanol–water partition coefficient (Wildman–Crippen LogP) is 3.89. The van der Waals surface area contributed by atoms with E-state index in [1.807, 2.05) is 12.1 Å². The van der Waals surface area contributed by atoms with Crippen molar-refractivity contribution in [1.82, 2.24) is 9.88 Å². The molecule has 1 N–H and O–H groups in total. The van der Waals surface area contributed by atoms with Gasteiger partial charge < -0.3 is 9.88 Å². The van der Waals surface area contributed by atoms with Gasteiger partial charge in [-0.3, -0.25) is 4.79 Å².